The zero-order valence-electron chi connectivity index (χ0n) is 12.0. The summed E-state index contributed by atoms with van der Waals surface area (Å²) in [5.41, 5.74) is 10.1. The maximum absolute atomic E-state index is 6.36. The largest absolute Gasteiger partial charge is 0.399 e. The first kappa shape index (κ1) is 13.3. The summed E-state index contributed by atoms with van der Waals surface area (Å²) in [4.78, 5) is 2.30. The van der Waals surface area contributed by atoms with Gasteiger partial charge in [0.15, 0.2) is 0 Å². The van der Waals surface area contributed by atoms with Crippen molar-refractivity contribution in [1.29, 1.82) is 0 Å². The summed E-state index contributed by atoms with van der Waals surface area (Å²) in [5, 5.41) is 0.709. The minimum Gasteiger partial charge on any atom is -0.399 e. The first-order valence-electron chi connectivity index (χ1n) is 7.27. The van der Waals surface area contributed by atoms with Crippen LogP contribution in [-0.4, -0.2) is 4.57 Å². The molecule has 4 rings (SSSR count). The first-order valence-corrected chi connectivity index (χ1v) is 7.64. The van der Waals surface area contributed by atoms with Gasteiger partial charge in [-0.05, 0) is 41.5 Å². The Morgan fingerprint density at radius 1 is 1.05 bits per heavy atom. The lowest BCUT2D eigenvalue weighted by atomic mass is 10.1. The summed E-state index contributed by atoms with van der Waals surface area (Å²) >= 11 is 6.36. The molecule has 0 unspecified atom stereocenters. The highest BCUT2D eigenvalue weighted by Crippen LogP contribution is 2.37. The first-order chi connectivity index (χ1) is 10.7. The van der Waals surface area contributed by atoms with Gasteiger partial charge in [-0.2, -0.15) is 0 Å². The molecule has 2 heterocycles. The van der Waals surface area contributed by atoms with E-state index in [0.29, 0.717) is 10.7 Å². The summed E-state index contributed by atoms with van der Waals surface area (Å²) in [6, 6.07) is 18.4. The second-order valence-corrected chi connectivity index (χ2v) is 5.97. The quantitative estimate of drug-likeness (QED) is 0.711. The highest BCUT2D eigenvalue weighted by Gasteiger charge is 2.22. The van der Waals surface area contributed by atoms with E-state index in [1.807, 2.05) is 18.2 Å². The number of nitrogens with zero attached hydrogens (tertiary/aromatic N) is 2. The van der Waals surface area contributed by atoms with Crippen LogP contribution in [0.4, 0.5) is 17.2 Å². The topological polar surface area (TPSA) is 34.2 Å². The standard InChI is InChI=1S/C18H16ClN3/c19-16-10-15(20)8-7-13(16)12-22-17-5-2-1-4-14(17)11-21-9-3-6-18(21)22/h1-10H,11-12,20H2. The van der Waals surface area contributed by atoms with Gasteiger partial charge in [0.25, 0.3) is 0 Å². The van der Waals surface area contributed by atoms with Crippen LogP contribution in [0.2, 0.25) is 5.02 Å². The summed E-state index contributed by atoms with van der Waals surface area (Å²) in [6.07, 6.45) is 2.11. The van der Waals surface area contributed by atoms with Crippen LogP contribution in [0.5, 0.6) is 0 Å². The Kier molecular flexibility index (Phi) is 3.09. The Labute approximate surface area is 134 Å². The Morgan fingerprint density at radius 2 is 1.91 bits per heavy atom. The monoisotopic (exact) mass is 309 g/mol. The third-order valence-electron chi connectivity index (χ3n) is 4.11. The Morgan fingerprint density at radius 3 is 2.77 bits per heavy atom. The fraction of sp³-hybridized carbons (Fsp3) is 0.111. The highest BCUT2D eigenvalue weighted by molar-refractivity contribution is 6.31. The predicted octanol–water partition coefficient (Wildman–Crippen LogP) is 4.42. The normalized spacial score (nSPS) is 12.9. The minimum absolute atomic E-state index is 0.691. The molecule has 0 atom stereocenters. The van der Waals surface area contributed by atoms with Crippen molar-refractivity contribution >= 4 is 28.8 Å². The maximum Gasteiger partial charge on any atom is 0.113 e. The molecule has 0 fully saturated rings. The van der Waals surface area contributed by atoms with Crippen LogP contribution in [0, 0.1) is 0 Å². The van der Waals surface area contributed by atoms with E-state index in [4.69, 9.17) is 17.3 Å². The number of halogens is 1. The lowest BCUT2D eigenvalue weighted by Crippen LogP contribution is -2.25. The molecule has 0 aliphatic carbocycles. The number of hydrogen-bond acceptors (Lipinski definition) is 2. The number of nitrogens with two attached hydrogens (primary N) is 1. The molecular weight excluding hydrogens is 294 g/mol. The lowest BCUT2D eigenvalue weighted by molar-refractivity contribution is 0.742. The van der Waals surface area contributed by atoms with Crippen LogP contribution in [0.1, 0.15) is 11.1 Å². The molecule has 0 saturated carbocycles. The van der Waals surface area contributed by atoms with E-state index in [0.717, 1.165) is 18.7 Å². The number of benzene rings is 2. The van der Waals surface area contributed by atoms with E-state index < -0.39 is 0 Å². The van der Waals surface area contributed by atoms with E-state index in [-0.39, 0.29) is 0 Å². The van der Waals surface area contributed by atoms with Crippen molar-refractivity contribution in [3.8, 4) is 0 Å². The van der Waals surface area contributed by atoms with E-state index >= 15 is 0 Å². The summed E-state index contributed by atoms with van der Waals surface area (Å²) < 4.78 is 2.26. The summed E-state index contributed by atoms with van der Waals surface area (Å²) in [5.74, 6) is 1.19. The number of fused-ring (bicyclic) bond motifs is 2. The number of aromatic nitrogens is 1. The van der Waals surface area contributed by atoms with Gasteiger partial charge in [0, 0.05) is 22.6 Å². The molecule has 2 N–H and O–H groups in total. The van der Waals surface area contributed by atoms with Crippen LogP contribution < -0.4 is 10.6 Å². The number of para-hydroxylation sites is 1. The zero-order chi connectivity index (χ0) is 15.1. The van der Waals surface area contributed by atoms with Gasteiger partial charge in [-0.15, -0.1) is 0 Å². The van der Waals surface area contributed by atoms with Crippen molar-refractivity contribution in [2.75, 3.05) is 10.6 Å². The van der Waals surface area contributed by atoms with Gasteiger partial charge in [0.05, 0.1) is 13.1 Å². The molecule has 1 aromatic heterocycles. The smallest absolute Gasteiger partial charge is 0.113 e. The summed E-state index contributed by atoms with van der Waals surface area (Å²) in [6.45, 7) is 1.63. The Bertz CT molecular complexity index is 838. The van der Waals surface area contributed by atoms with Crippen molar-refractivity contribution in [1.82, 2.24) is 4.57 Å². The second kappa shape index (κ2) is 5.11. The van der Waals surface area contributed by atoms with E-state index in [1.165, 1.54) is 17.1 Å². The van der Waals surface area contributed by atoms with Gasteiger partial charge in [0.1, 0.15) is 5.82 Å². The van der Waals surface area contributed by atoms with Crippen molar-refractivity contribution in [2.24, 2.45) is 0 Å². The molecule has 0 radical (unpaired) electrons. The van der Waals surface area contributed by atoms with Gasteiger partial charge < -0.3 is 15.2 Å². The minimum atomic E-state index is 0.691. The van der Waals surface area contributed by atoms with Crippen LogP contribution >= 0.6 is 11.6 Å². The van der Waals surface area contributed by atoms with Crippen LogP contribution in [0.25, 0.3) is 0 Å². The molecule has 22 heavy (non-hydrogen) atoms. The fourth-order valence-electron chi connectivity index (χ4n) is 3.03. The van der Waals surface area contributed by atoms with Crippen molar-refractivity contribution < 1.29 is 0 Å². The van der Waals surface area contributed by atoms with E-state index in [9.17, 15) is 0 Å². The maximum atomic E-state index is 6.36. The van der Waals surface area contributed by atoms with Gasteiger partial charge in [0.2, 0.25) is 0 Å². The highest BCUT2D eigenvalue weighted by atomic mass is 35.5. The van der Waals surface area contributed by atoms with E-state index in [1.54, 1.807) is 0 Å². The zero-order valence-corrected chi connectivity index (χ0v) is 12.8. The average molecular weight is 310 g/mol. The molecule has 1 aliphatic rings. The number of rotatable bonds is 2. The number of anilines is 3. The molecule has 0 bridgehead atoms. The van der Waals surface area contributed by atoms with Crippen LogP contribution in [-0.2, 0) is 13.1 Å². The lowest BCUT2D eigenvalue weighted by Gasteiger charge is -2.33. The molecule has 0 saturated heterocycles. The predicted molar refractivity (Wildman–Crippen MR) is 91.7 cm³/mol. The molecule has 2 aromatic carbocycles. The van der Waals surface area contributed by atoms with Gasteiger partial charge >= 0.3 is 0 Å². The Hall–Kier alpha value is -2.39. The third kappa shape index (κ3) is 2.14. The molecule has 3 nitrogen and oxygen atoms in total. The van der Waals surface area contributed by atoms with Crippen molar-refractivity contribution in [2.45, 2.75) is 13.1 Å². The fourth-order valence-corrected chi connectivity index (χ4v) is 3.28. The van der Waals surface area contributed by atoms with Gasteiger partial charge in [-0.25, -0.2) is 0 Å². The molecule has 4 heteroatoms. The molecular formula is C18H16ClN3. The average Bonchev–Trinajstić information content (AvgIpc) is 2.97. The SMILES string of the molecule is Nc1ccc(CN2c3ccccc3Cn3cccc32)c(Cl)c1. The van der Waals surface area contributed by atoms with Crippen molar-refractivity contribution in [3.05, 3.63) is 76.9 Å². The second-order valence-electron chi connectivity index (χ2n) is 5.56. The van der Waals surface area contributed by atoms with Gasteiger partial charge in [-0.3, -0.25) is 0 Å². The van der Waals surface area contributed by atoms with E-state index in [2.05, 4.69) is 52.1 Å². The van der Waals surface area contributed by atoms with Crippen LogP contribution in [0.3, 0.4) is 0 Å². The molecule has 110 valence electrons. The molecule has 0 spiro atoms. The molecule has 3 aromatic rings. The van der Waals surface area contributed by atoms with Crippen LogP contribution in [0.15, 0.2) is 60.8 Å². The summed E-state index contributed by atoms with van der Waals surface area (Å²) in [7, 11) is 0. The Balaban J connectivity index is 1.79. The van der Waals surface area contributed by atoms with Crippen molar-refractivity contribution in [3.63, 3.8) is 0 Å². The number of nitrogen functional groups attached to an aromatic ring is 1. The molecule has 0 amide bonds. The number of hydrogen-bond donors (Lipinski definition) is 1. The van der Waals surface area contributed by atoms with Gasteiger partial charge in [-0.1, -0.05) is 35.9 Å². The molecule has 1 aliphatic heterocycles. The third-order valence-corrected chi connectivity index (χ3v) is 4.46.